The van der Waals surface area contributed by atoms with Gasteiger partial charge in [-0.2, -0.15) is 0 Å². The molecule has 0 saturated carbocycles. The monoisotopic (exact) mass is 601 g/mol. The van der Waals surface area contributed by atoms with Crippen molar-refractivity contribution in [3.8, 4) is 11.5 Å². The predicted octanol–water partition coefficient (Wildman–Crippen LogP) is 7.50. The molecule has 1 saturated heterocycles. The van der Waals surface area contributed by atoms with Crippen LogP contribution in [0, 0.1) is 0 Å². The SMILES string of the molecule is CCOc1cc(/C=C2/SC(=O)N(CC(=O)c3ccccc3)C2=O)cc(Br)c1OCc1cccc2ccccc12. The number of halogens is 1. The third-order valence-corrected chi connectivity index (χ3v) is 7.65. The molecule has 5 rings (SSSR count). The fraction of sp³-hybridized carbons (Fsp3) is 0.129. The van der Waals surface area contributed by atoms with Crippen molar-refractivity contribution < 1.29 is 23.9 Å². The quantitative estimate of drug-likeness (QED) is 0.146. The number of benzene rings is 4. The van der Waals surface area contributed by atoms with Crippen LogP contribution in [0.5, 0.6) is 11.5 Å². The minimum atomic E-state index is -0.500. The van der Waals surface area contributed by atoms with E-state index in [1.807, 2.05) is 37.3 Å². The van der Waals surface area contributed by atoms with Gasteiger partial charge in [0.05, 0.1) is 22.5 Å². The number of imide groups is 1. The maximum atomic E-state index is 13.0. The molecule has 1 aliphatic heterocycles. The normalized spacial score (nSPS) is 14.3. The Labute approximate surface area is 238 Å². The first-order valence-electron chi connectivity index (χ1n) is 12.3. The number of carbonyl (C=O) groups excluding carboxylic acids is 3. The summed E-state index contributed by atoms with van der Waals surface area (Å²) in [6.07, 6.45) is 1.62. The smallest absolute Gasteiger partial charge is 0.293 e. The lowest BCUT2D eigenvalue weighted by molar-refractivity contribution is -0.122. The molecule has 0 aromatic heterocycles. The molecule has 1 heterocycles. The van der Waals surface area contributed by atoms with Crippen LogP contribution in [-0.2, 0) is 11.4 Å². The van der Waals surface area contributed by atoms with Crippen molar-refractivity contribution in [2.24, 2.45) is 0 Å². The van der Waals surface area contributed by atoms with Gasteiger partial charge < -0.3 is 9.47 Å². The van der Waals surface area contributed by atoms with Gasteiger partial charge in [0.2, 0.25) is 0 Å². The standard InChI is InChI=1S/C31H24BrNO5S/c1-2-37-27-16-20(15-25(32)29(27)38-19-23-13-8-12-21-9-6-7-14-24(21)23)17-28-30(35)33(31(36)39-28)18-26(34)22-10-4-3-5-11-22/h3-17H,2,18-19H2,1H3/b28-17+. The minimum Gasteiger partial charge on any atom is -0.490 e. The van der Waals surface area contributed by atoms with Crippen molar-refractivity contribution in [3.63, 3.8) is 0 Å². The van der Waals surface area contributed by atoms with Crippen LogP contribution in [0.4, 0.5) is 4.79 Å². The average Bonchev–Trinajstić information content (AvgIpc) is 3.20. The van der Waals surface area contributed by atoms with Crippen LogP contribution in [0.15, 0.2) is 94.3 Å². The molecule has 2 amide bonds. The van der Waals surface area contributed by atoms with E-state index in [4.69, 9.17) is 9.47 Å². The summed E-state index contributed by atoms with van der Waals surface area (Å²) in [5.41, 5.74) is 2.15. The summed E-state index contributed by atoms with van der Waals surface area (Å²) in [6.45, 7) is 2.33. The highest BCUT2D eigenvalue weighted by Gasteiger charge is 2.36. The third kappa shape index (κ3) is 5.92. The number of hydrogen-bond acceptors (Lipinski definition) is 6. The van der Waals surface area contributed by atoms with Crippen LogP contribution in [0.3, 0.4) is 0 Å². The van der Waals surface area contributed by atoms with Crippen molar-refractivity contribution in [2.75, 3.05) is 13.2 Å². The molecule has 4 aromatic carbocycles. The van der Waals surface area contributed by atoms with E-state index in [0.29, 0.717) is 40.3 Å². The second-order valence-electron chi connectivity index (χ2n) is 8.75. The molecule has 0 N–H and O–H groups in total. The Kier molecular flexibility index (Phi) is 8.14. The van der Waals surface area contributed by atoms with Crippen molar-refractivity contribution >= 4 is 61.5 Å². The highest BCUT2D eigenvalue weighted by atomic mass is 79.9. The fourth-order valence-corrected chi connectivity index (χ4v) is 5.70. The molecule has 4 aromatic rings. The first-order valence-corrected chi connectivity index (χ1v) is 13.9. The highest BCUT2D eigenvalue weighted by Crippen LogP contribution is 2.40. The van der Waals surface area contributed by atoms with E-state index in [1.54, 1.807) is 42.5 Å². The van der Waals surface area contributed by atoms with Crippen LogP contribution in [-0.4, -0.2) is 35.0 Å². The molecule has 8 heteroatoms. The van der Waals surface area contributed by atoms with Crippen LogP contribution < -0.4 is 9.47 Å². The predicted molar refractivity (Wildman–Crippen MR) is 157 cm³/mol. The Hall–Kier alpha value is -3.88. The van der Waals surface area contributed by atoms with E-state index in [2.05, 4.69) is 34.1 Å². The Morgan fingerprint density at radius 1 is 0.949 bits per heavy atom. The lowest BCUT2D eigenvalue weighted by atomic mass is 10.1. The van der Waals surface area contributed by atoms with Gasteiger partial charge in [0.15, 0.2) is 17.3 Å². The van der Waals surface area contributed by atoms with E-state index in [0.717, 1.165) is 33.0 Å². The number of amides is 2. The Morgan fingerprint density at radius 3 is 2.49 bits per heavy atom. The molecule has 1 fully saturated rings. The molecule has 0 spiro atoms. The third-order valence-electron chi connectivity index (χ3n) is 6.15. The van der Waals surface area contributed by atoms with Crippen LogP contribution >= 0.6 is 27.7 Å². The van der Waals surface area contributed by atoms with E-state index >= 15 is 0 Å². The zero-order valence-electron chi connectivity index (χ0n) is 21.1. The molecule has 0 unspecified atom stereocenters. The first kappa shape index (κ1) is 26.7. The van der Waals surface area contributed by atoms with Gasteiger partial charge in [-0.25, -0.2) is 0 Å². The van der Waals surface area contributed by atoms with Gasteiger partial charge in [-0.1, -0.05) is 72.8 Å². The summed E-state index contributed by atoms with van der Waals surface area (Å²) in [6, 6.07) is 26.4. The summed E-state index contributed by atoms with van der Waals surface area (Å²) < 4.78 is 12.7. The van der Waals surface area contributed by atoms with Gasteiger partial charge in [-0.3, -0.25) is 19.3 Å². The molecule has 6 nitrogen and oxygen atoms in total. The zero-order chi connectivity index (χ0) is 27.4. The van der Waals surface area contributed by atoms with E-state index in [9.17, 15) is 14.4 Å². The lowest BCUT2D eigenvalue weighted by Crippen LogP contribution is -2.33. The molecular weight excluding hydrogens is 578 g/mol. The summed E-state index contributed by atoms with van der Waals surface area (Å²) in [4.78, 5) is 39.4. The van der Waals surface area contributed by atoms with Crippen molar-refractivity contribution in [1.82, 2.24) is 4.90 Å². The molecule has 0 aliphatic carbocycles. The molecule has 196 valence electrons. The van der Waals surface area contributed by atoms with Crippen molar-refractivity contribution in [3.05, 3.63) is 111 Å². The van der Waals surface area contributed by atoms with Gasteiger partial charge in [0.25, 0.3) is 11.1 Å². The number of ketones is 1. The lowest BCUT2D eigenvalue weighted by Gasteiger charge is -2.16. The highest BCUT2D eigenvalue weighted by molar-refractivity contribution is 9.10. The van der Waals surface area contributed by atoms with Gasteiger partial charge in [-0.05, 0) is 74.7 Å². The number of fused-ring (bicyclic) bond motifs is 1. The number of carbonyl (C=O) groups is 3. The van der Waals surface area contributed by atoms with Crippen LogP contribution in [0.25, 0.3) is 16.8 Å². The summed E-state index contributed by atoms with van der Waals surface area (Å²) >= 11 is 4.40. The molecule has 0 bridgehead atoms. The van der Waals surface area contributed by atoms with E-state index in [-0.39, 0.29) is 17.2 Å². The summed E-state index contributed by atoms with van der Waals surface area (Å²) in [7, 11) is 0. The number of ether oxygens (including phenoxy) is 2. The molecule has 0 radical (unpaired) electrons. The first-order chi connectivity index (χ1) is 18.9. The molecule has 1 aliphatic rings. The second-order valence-corrected chi connectivity index (χ2v) is 10.6. The van der Waals surface area contributed by atoms with Gasteiger partial charge >= 0.3 is 0 Å². The Bertz CT molecular complexity index is 1600. The number of nitrogens with zero attached hydrogens (tertiary/aromatic N) is 1. The van der Waals surface area contributed by atoms with Gasteiger partial charge in [-0.15, -0.1) is 0 Å². The molecule has 0 atom stereocenters. The Balaban J connectivity index is 1.36. The summed E-state index contributed by atoms with van der Waals surface area (Å²) in [5.74, 6) is 0.258. The fourth-order valence-electron chi connectivity index (χ4n) is 4.29. The molecule has 39 heavy (non-hydrogen) atoms. The largest absolute Gasteiger partial charge is 0.490 e. The number of Topliss-reactive ketones (excluding diaryl/α,β-unsaturated/α-hetero) is 1. The average molecular weight is 603 g/mol. The van der Waals surface area contributed by atoms with E-state index in [1.165, 1.54) is 0 Å². The second kappa shape index (κ2) is 11.9. The Morgan fingerprint density at radius 2 is 1.69 bits per heavy atom. The zero-order valence-corrected chi connectivity index (χ0v) is 23.5. The van der Waals surface area contributed by atoms with E-state index < -0.39 is 11.1 Å². The van der Waals surface area contributed by atoms with Gasteiger partial charge in [0.1, 0.15) is 6.61 Å². The molecular formula is C31H24BrNO5S. The topological polar surface area (TPSA) is 72.9 Å². The summed E-state index contributed by atoms with van der Waals surface area (Å²) in [5, 5.41) is 1.78. The van der Waals surface area contributed by atoms with Crippen LogP contribution in [0.2, 0.25) is 0 Å². The van der Waals surface area contributed by atoms with Crippen molar-refractivity contribution in [2.45, 2.75) is 13.5 Å². The van der Waals surface area contributed by atoms with Crippen LogP contribution in [0.1, 0.15) is 28.4 Å². The van der Waals surface area contributed by atoms with Gasteiger partial charge in [0, 0.05) is 5.56 Å². The maximum absolute atomic E-state index is 13.0. The number of hydrogen-bond donors (Lipinski definition) is 0. The number of thioether (sulfide) groups is 1. The van der Waals surface area contributed by atoms with Crippen molar-refractivity contribution in [1.29, 1.82) is 0 Å². The number of rotatable bonds is 9. The minimum absolute atomic E-state index is 0.236. The maximum Gasteiger partial charge on any atom is 0.293 e.